The second-order valence-electron chi connectivity index (χ2n) is 4.68. The van der Waals surface area contributed by atoms with Gasteiger partial charge in [-0.05, 0) is 19.9 Å². The van der Waals surface area contributed by atoms with E-state index in [0.29, 0.717) is 0 Å². The Balaban J connectivity index is 2.28. The van der Waals surface area contributed by atoms with E-state index in [0.717, 1.165) is 37.5 Å². The first-order valence-electron chi connectivity index (χ1n) is 6.77. The van der Waals surface area contributed by atoms with Gasteiger partial charge in [-0.25, -0.2) is 4.98 Å². The normalized spacial score (nSPS) is 18.5. The molecule has 0 amide bonds. The summed E-state index contributed by atoms with van der Waals surface area (Å²) in [6.45, 7) is 7.46. The minimum absolute atomic E-state index is 0.778. The third-order valence-corrected chi connectivity index (χ3v) is 3.63. The maximum Gasteiger partial charge on any atom is 0.138 e. The number of fused-ring (bicyclic) bond motifs is 1. The third kappa shape index (κ3) is 2.02. The SMILES string of the molecule is C/C=c1\c(=C/C)nc(N2CCOCC2)c2cc[nH]c12. The van der Waals surface area contributed by atoms with E-state index in [2.05, 4.69) is 35.0 Å². The number of morpholine rings is 1. The average Bonchev–Trinajstić information content (AvgIpc) is 2.95. The van der Waals surface area contributed by atoms with Gasteiger partial charge in [-0.15, -0.1) is 0 Å². The minimum Gasteiger partial charge on any atom is -0.378 e. The number of hydrogen-bond acceptors (Lipinski definition) is 3. The van der Waals surface area contributed by atoms with Gasteiger partial charge in [0.2, 0.25) is 0 Å². The quantitative estimate of drug-likeness (QED) is 0.828. The molecule has 1 aliphatic heterocycles. The van der Waals surface area contributed by atoms with Crippen LogP contribution in [0.3, 0.4) is 0 Å². The molecule has 19 heavy (non-hydrogen) atoms. The van der Waals surface area contributed by atoms with Crippen molar-refractivity contribution in [2.75, 3.05) is 31.2 Å². The van der Waals surface area contributed by atoms with E-state index < -0.39 is 0 Å². The number of H-pyrrole nitrogens is 1. The summed E-state index contributed by atoms with van der Waals surface area (Å²) in [5.74, 6) is 1.07. The molecule has 4 heteroatoms. The van der Waals surface area contributed by atoms with Gasteiger partial charge in [0.05, 0.1) is 24.1 Å². The molecule has 0 saturated carbocycles. The molecule has 2 aromatic rings. The van der Waals surface area contributed by atoms with Gasteiger partial charge in [-0.1, -0.05) is 12.2 Å². The van der Waals surface area contributed by atoms with Crippen LogP contribution >= 0.6 is 0 Å². The molecule has 3 heterocycles. The van der Waals surface area contributed by atoms with Crippen molar-refractivity contribution in [2.24, 2.45) is 0 Å². The van der Waals surface area contributed by atoms with Crippen molar-refractivity contribution < 1.29 is 4.74 Å². The van der Waals surface area contributed by atoms with Crippen molar-refractivity contribution in [1.29, 1.82) is 0 Å². The molecular formula is C15H19N3O. The van der Waals surface area contributed by atoms with Crippen LogP contribution in [-0.4, -0.2) is 36.3 Å². The summed E-state index contributed by atoms with van der Waals surface area (Å²) in [5, 5.41) is 3.42. The van der Waals surface area contributed by atoms with Crippen molar-refractivity contribution in [3.8, 4) is 0 Å². The second kappa shape index (κ2) is 5.05. The first kappa shape index (κ1) is 12.2. The zero-order chi connectivity index (χ0) is 13.2. The van der Waals surface area contributed by atoms with Crippen LogP contribution in [0.5, 0.6) is 0 Å². The predicted molar refractivity (Wildman–Crippen MR) is 78.7 cm³/mol. The maximum atomic E-state index is 5.42. The Labute approximate surface area is 112 Å². The molecule has 0 unspecified atom stereocenters. The van der Waals surface area contributed by atoms with Crippen molar-refractivity contribution in [2.45, 2.75) is 13.8 Å². The van der Waals surface area contributed by atoms with Crippen LogP contribution < -0.4 is 15.5 Å². The monoisotopic (exact) mass is 257 g/mol. The van der Waals surface area contributed by atoms with E-state index in [1.54, 1.807) is 0 Å². The zero-order valence-electron chi connectivity index (χ0n) is 11.4. The fourth-order valence-corrected chi connectivity index (χ4v) is 2.67. The average molecular weight is 257 g/mol. The standard InChI is InChI=1S/C15H19N3O/c1-3-11-13(4-2)17-15(12-5-6-16-14(11)12)18-7-9-19-10-8-18/h3-6,16H,7-10H2,1-2H3/b11-3+,13-4+. The van der Waals surface area contributed by atoms with E-state index in [9.17, 15) is 0 Å². The third-order valence-electron chi connectivity index (χ3n) is 3.63. The number of hydrogen-bond donors (Lipinski definition) is 1. The molecule has 0 aliphatic carbocycles. The number of aromatic nitrogens is 2. The van der Waals surface area contributed by atoms with Crippen molar-refractivity contribution in [3.05, 3.63) is 22.8 Å². The van der Waals surface area contributed by atoms with Crippen LogP contribution in [0.4, 0.5) is 5.82 Å². The largest absolute Gasteiger partial charge is 0.378 e. The summed E-state index contributed by atoms with van der Waals surface area (Å²) in [6.07, 6.45) is 6.17. The minimum atomic E-state index is 0.778. The Morgan fingerprint density at radius 2 is 2.05 bits per heavy atom. The fourth-order valence-electron chi connectivity index (χ4n) is 2.67. The van der Waals surface area contributed by atoms with Gasteiger partial charge in [0, 0.05) is 29.9 Å². The number of aromatic amines is 1. The summed E-state index contributed by atoms with van der Waals surface area (Å²) >= 11 is 0. The fraction of sp³-hybridized carbons (Fsp3) is 0.400. The highest BCUT2D eigenvalue weighted by Crippen LogP contribution is 2.21. The molecule has 1 saturated heterocycles. The molecule has 2 aromatic heterocycles. The summed E-state index contributed by atoms with van der Waals surface area (Å²) in [5.41, 5.74) is 1.17. The molecule has 0 bridgehead atoms. The molecule has 0 radical (unpaired) electrons. The Morgan fingerprint density at radius 3 is 2.74 bits per heavy atom. The topological polar surface area (TPSA) is 41.2 Å². The van der Waals surface area contributed by atoms with Crippen molar-refractivity contribution in [1.82, 2.24) is 9.97 Å². The summed E-state index contributed by atoms with van der Waals surface area (Å²) in [4.78, 5) is 10.5. The maximum absolute atomic E-state index is 5.42. The summed E-state index contributed by atoms with van der Waals surface area (Å²) in [6, 6.07) is 2.11. The van der Waals surface area contributed by atoms with Gasteiger partial charge in [0.25, 0.3) is 0 Å². The van der Waals surface area contributed by atoms with Crippen LogP contribution in [0.15, 0.2) is 12.3 Å². The zero-order valence-corrected chi connectivity index (χ0v) is 11.4. The van der Waals surface area contributed by atoms with Gasteiger partial charge >= 0.3 is 0 Å². The molecule has 1 fully saturated rings. The Kier molecular flexibility index (Phi) is 3.25. The predicted octanol–water partition coefficient (Wildman–Crippen LogP) is 1.00. The highest BCUT2D eigenvalue weighted by molar-refractivity contribution is 5.91. The van der Waals surface area contributed by atoms with Crippen LogP contribution in [0.2, 0.25) is 0 Å². The van der Waals surface area contributed by atoms with Gasteiger partial charge in [-0.2, -0.15) is 0 Å². The molecule has 1 aliphatic rings. The summed E-state index contributed by atoms with van der Waals surface area (Å²) < 4.78 is 5.42. The van der Waals surface area contributed by atoms with Crippen molar-refractivity contribution in [3.63, 3.8) is 0 Å². The number of nitrogens with zero attached hydrogens (tertiary/aromatic N) is 2. The number of ether oxygens (including phenoxy) is 1. The van der Waals surface area contributed by atoms with E-state index in [1.807, 2.05) is 13.1 Å². The van der Waals surface area contributed by atoms with Crippen molar-refractivity contribution >= 4 is 28.9 Å². The molecule has 3 rings (SSSR count). The number of nitrogens with one attached hydrogen (secondary N) is 1. The number of pyridine rings is 1. The Hall–Kier alpha value is -1.81. The highest BCUT2D eigenvalue weighted by Gasteiger charge is 2.16. The van der Waals surface area contributed by atoms with E-state index in [1.165, 1.54) is 16.1 Å². The van der Waals surface area contributed by atoms with Crippen LogP contribution in [0.25, 0.3) is 23.1 Å². The lowest BCUT2D eigenvalue weighted by Crippen LogP contribution is -2.39. The molecule has 0 aromatic carbocycles. The summed E-state index contributed by atoms with van der Waals surface area (Å²) in [7, 11) is 0. The Bertz CT molecular complexity index is 696. The first-order valence-corrected chi connectivity index (χ1v) is 6.77. The first-order chi connectivity index (χ1) is 9.35. The molecular weight excluding hydrogens is 238 g/mol. The highest BCUT2D eigenvalue weighted by atomic mass is 16.5. The van der Waals surface area contributed by atoms with E-state index in [-0.39, 0.29) is 0 Å². The van der Waals surface area contributed by atoms with E-state index in [4.69, 9.17) is 9.72 Å². The molecule has 1 N–H and O–H groups in total. The van der Waals surface area contributed by atoms with Crippen LogP contribution in [-0.2, 0) is 4.74 Å². The van der Waals surface area contributed by atoms with Gasteiger partial charge in [0.1, 0.15) is 5.82 Å². The second-order valence-corrected chi connectivity index (χ2v) is 4.68. The number of anilines is 1. The number of rotatable bonds is 1. The molecule has 0 spiro atoms. The molecule has 0 atom stereocenters. The Morgan fingerprint density at radius 1 is 1.26 bits per heavy atom. The lowest BCUT2D eigenvalue weighted by molar-refractivity contribution is 0.122. The lowest BCUT2D eigenvalue weighted by Gasteiger charge is -2.28. The van der Waals surface area contributed by atoms with E-state index >= 15 is 0 Å². The van der Waals surface area contributed by atoms with Gasteiger partial charge < -0.3 is 14.6 Å². The smallest absolute Gasteiger partial charge is 0.138 e. The van der Waals surface area contributed by atoms with Gasteiger partial charge in [-0.3, -0.25) is 0 Å². The molecule has 100 valence electrons. The van der Waals surface area contributed by atoms with Crippen LogP contribution in [0.1, 0.15) is 13.8 Å². The van der Waals surface area contributed by atoms with Crippen LogP contribution in [0, 0.1) is 0 Å². The molecule has 4 nitrogen and oxygen atoms in total. The lowest BCUT2D eigenvalue weighted by atomic mass is 10.2. The van der Waals surface area contributed by atoms with Gasteiger partial charge in [0.15, 0.2) is 0 Å².